The Kier molecular flexibility index (Phi) is 6.49. The SMILES string of the molecule is CCCCOc1ccc(/C=C2\N=C(c3ccc(I)cc3)OC2=O)cc1OC. The first-order valence-corrected chi connectivity index (χ1v) is 9.78. The molecule has 0 saturated heterocycles. The van der Waals surface area contributed by atoms with Gasteiger partial charge in [-0.2, -0.15) is 0 Å². The number of hydrogen-bond acceptors (Lipinski definition) is 5. The van der Waals surface area contributed by atoms with Crippen molar-refractivity contribution in [1.82, 2.24) is 0 Å². The maximum absolute atomic E-state index is 12.2. The summed E-state index contributed by atoms with van der Waals surface area (Å²) in [6.07, 6.45) is 3.73. The minimum atomic E-state index is -0.467. The number of carbonyl (C=O) groups is 1. The molecule has 3 rings (SSSR count). The van der Waals surface area contributed by atoms with Crippen molar-refractivity contribution in [1.29, 1.82) is 0 Å². The van der Waals surface area contributed by atoms with E-state index < -0.39 is 5.97 Å². The summed E-state index contributed by atoms with van der Waals surface area (Å²) in [4.78, 5) is 16.5. The largest absolute Gasteiger partial charge is 0.493 e. The van der Waals surface area contributed by atoms with Crippen molar-refractivity contribution >= 4 is 40.5 Å². The molecule has 5 nitrogen and oxygen atoms in total. The second-order valence-corrected chi connectivity index (χ2v) is 7.20. The van der Waals surface area contributed by atoms with Gasteiger partial charge in [0.05, 0.1) is 13.7 Å². The molecule has 0 unspecified atom stereocenters. The van der Waals surface area contributed by atoms with Gasteiger partial charge in [0.15, 0.2) is 17.2 Å². The van der Waals surface area contributed by atoms with Crippen LogP contribution in [-0.2, 0) is 9.53 Å². The third-order valence-corrected chi connectivity index (χ3v) is 4.68. The van der Waals surface area contributed by atoms with E-state index in [9.17, 15) is 4.79 Å². The first-order valence-electron chi connectivity index (χ1n) is 8.70. The van der Waals surface area contributed by atoms with E-state index in [1.165, 1.54) is 0 Å². The van der Waals surface area contributed by atoms with Gasteiger partial charge in [0.25, 0.3) is 0 Å². The fourth-order valence-electron chi connectivity index (χ4n) is 2.50. The molecule has 0 fully saturated rings. The van der Waals surface area contributed by atoms with Crippen molar-refractivity contribution in [2.45, 2.75) is 19.8 Å². The lowest BCUT2D eigenvalue weighted by Crippen LogP contribution is -2.05. The molecule has 0 bridgehead atoms. The van der Waals surface area contributed by atoms with Crippen LogP contribution in [0, 0.1) is 3.57 Å². The summed E-state index contributed by atoms with van der Waals surface area (Å²) in [6, 6.07) is 13.2. The third kappa shape index (κ3) is 4.88. The molecule has 1 aliphatic rings. The number of methoxy groups -OCH3 is 1. The Hall–Kier alpha value is -2.35. The molecule has 0 atom stereocenters. The van der Waals surface area contributed by atoms with E-state index in [4.69, 9.17) is 14.2 Å². The second kappa shape index (κ2) is 9.03. The minimum Gasteiger partial charge on any atom is -0.493 e. The average molecular weight is 477 g/mol. The monoisotopic (exact) mass is 477 g/mol. The van der Waals surface area contributed by atoms with Crippen LogP contribution < -0.4 is 9.47 Å². The second-order valence-electron chi connectivity index (χ2n) is 5.96. The summed E-state index contributed by atoms with van der Waals surface area (Å²) in [5.74, 6) is 1.15. The number of unbranched alkanes of at least 4 members (excludes halogenated alkanes) is 1. The van der Waals surface area contributed by atoms with Gasteiger partial charge in [0.1, 0.15) is 0 Å². The molecule has 0 radical (unpaired) electrons. The molecule has 2 aromatic rings. The van der Waals surface area contributed by atoms with Crippen molar-refractivity contribution < 1.29 is 19.0 Å². The number of cyclic esters (lactones) is 1. The van der Waals surface area contributed by atoms with E-state index in [0.717, 1.165) is 27.5 Å². The number of benzene rings is 2. The number of halogens is 1. The highest BCUT2D eigenvalue weighted by molar-refractivity contribution is 14.1. The lowest BCUT2D eigenvalue weighted by atomic mass is 10.1. The fourth-order valence-corrected chi connectivity index (χ4v) is 2.86. The Balaban J connectivity index is 1.82. The van der Waals surface area contributed by atoms with E-state index in [1.807, 2.05) is 42.5 Å². The lowest BCUT2D eigenvalue weighted by molar-refractivity contribution is -0.129. The molecule has 2 aromatic carbocycles. The van der Waals surface area contributed by atoms with E-state index in [1.54, 1.807) is 13.2 Å². The van der Waals surface area contributed by atoms with Crippen molar-refractivity contribution in [2.24, 2.45) is 4.99 Å². The van der Waals surface area contributed by atoms with E-state index in [-0.39, 0.29) is 5.70 Å². The zero-order chi connectivity index (χ0) is 19.2. The minimum absolute atomic E-state index is 0.255. The van der Waals surface area contributed by atoms with Crippen LogP contribution in [0.2, 0.25) is 0 Å². The fraction of sp³-hybridized carbons (Fsp3) is 0.238. The molecule has 140 valence electrons. The molecule has 27 heavy (non-hydrogen) atoms. The molecular weight excluding hydrogens is 457 g/mol. The Morgan fingerprint density at radius 1 is 1.15 bits per heavy atom. The molecule has 0 spiro atoms. The zero-order valence-electron chi connectivity index (χ0n) is 15.2. The highest BCUT2D eigenvalue weighted by Gasteiger charge is 2.24. The number of carbonyl (C=O) groups excluding carboxylic acids is 1. The summed E-state index contributed by atoms with van der Waals surface area (Å²) >= 11 is 2.22. The van der Waals surface area contributed by atoms with Crippen LogP contribution in [0.5, 0.6) is 11.5 Å². The van der Waals surface area contributed by atoms with Crippen molar-refractivity contribution in [3.05, 3.63) is 62.9 Å². The van der Waals surface area contributed by atoms with Gasteiger partial charge in [-0.15, -0.1) is 0 Å². The van der Waals surface area contributed by atoms with Crippen LogP contribution >= 0.6 is 22.6 Å². The first-order chi connectivity index (χ1) is 13.1. The molecule has 1 aliphatic heterocycles. The number of rotatable bonds is 7. The van der Waals surface area contributed by atoms with Gasteiger partial charge in [0, 0.05) is 9.13 Å². The Morgan fingerprint density at radius 2 is 1.93 bits per heavy atom. The van der Waals surface area contributed by atoms with Crippen LogP contribution in [0.3, 0.4) is 0 Å². The number of esters is 1. The van der Waals surface area contributed by atoms with Crippen LogP contribution in [0.1, 0.15) is 30.9 Å². The lowest BCUT2D eigenvalue weighted by Gasteiger charge is -2.10. The first kappa shape index (κ1) is 19.4. The van der Waals surface area contributed by atoms with Gasteiger partial charge in [-0.25, -0.2) is 9.79 Å². The van der Waals surface area contributed by atoms with Crippen molar-refractivity contribution in [3.63, 3.8) is 0 Å². The molecule has 0 N–H and O–H groups in total. The molecule has 0 saturated carbocycles. The van der Waals surface area contributed by atoms with Crippen molar-refractivity contribution in [3.8, 4) is 11.5 Å². The normalized spacial score (nSPS) is 14.9. The quantitative estimate of drug-likeness (QED) is 0.248. The molecule has 1 heterocycles. The van der Waals surface area contributed by atoms with Gasteiger partial charge in [0.2, 0.25) is 5.90 Å². The Morgan fingerprint density at radius 3 is 2.63 bits per heavy atom. The van der Waals surface area contributed by atoms with Gasteiger partial charge in [-0.3, -0.25) is 0 Å². The maximum atomic E-state index is 12.2. The molecular formula is C21H20INO4. The van der Waals surface area contributed by atoms with Crippen LogP contribution in [0.15, 0.2) is 53.2 Å². The molecule has 0 amide bonds. The number of aliphatic imine (C=N–C) groups is 1. The van der Waals surface area contributed by atoms with Gasteiger partial charge >= 0.3 is 5.97 Å². The average Bonchev–Trinajstić information content (AvgIpc) is 3.04. The predicted octanol–water partition coefficient (Wildman–Crippen LogP) is 4.82. The van der Waals surface area contributed by atoms with E-state index in [0.29, 0.717) is 24.0 Å². The maximum Gasteiger partial charge on any atom is 0.363 e. The molecule has 6 heteroatoms. The summed E-state index contributed by atoms with van der Waals surface area (Å²) in [6.45, 7) is 2.75. The Bertz CT molecular complexity index is 888. The van der Waals surface area contributed by atoms with Crippen LogP contribution in [-0.4, -0.2) is 25.6 Å². The van der Waals surface area contributed by atoms with E-state index >= 15 is 0 Å². The number of hydrogen-bond donors (Lipinski definition) is 0. The zero-order valence-corrected chi connectivity index (χ0v) is 17.4. The predicted molar refractivity (Wildman–Crippen MR) is 113 cm³/mol. The van der Waals surface area contributed by atoms with Gasteiger partial charge in [-0.1, -0.05) is 19.4 Å². The van der Waals surface area contributed by atoms with Gasteiger partial charge < -0.3 is 14.2 Å². The topological polar surface area (TPSA) is 57.1 Å². The highest BCUT2D eigenvalue weighted by Crippen LogP contribution is 2.30. The van der Waals surface area contributed by atoms with Gasteiger partial charge in [-0.05, 0) is 77.0 Å². The van der Waals surface area contributed by atoms with Crippen LogP contribution in [0.4, 0.5) is 0 Å². The standard InChI is InChI=1S/C21H20INO4/c1-3-4-11-26-18-10-5-14(13-19(18)25-2)12-17-21(24)27-20(23-17)15-6-8-16(22)9-7-15/h5-10,12-13H,3-4,11H2,1-2H3/b17-12-. The molecule has 0 aliphatic carbocycles. The summed E-state index contributed by atoms with van der Waals surface area (Å²) < 4.78 is 17.5. The summed E-state index contributed by atoms with van der Waals surface area (Å²) in [7, 11) is 1.59. The van der Waals surface area contributed by atoms with E-state index in [2.05, 4.69) is 34.5 Å². The van der Waals surface area contributed by atoms with Crippen molar-refractivity contribution in [2.75, 3.05) is 13.7 Å². The number of ether oxygens (including phenoxy) is 3. The summed E-state index contributed by atoms with van der Waals surface area (Å²) in [5, 5.41) is 0. The third-order valence-electron chi connectivity index (χ3n) is 3.96. The Labute approximate surface area is 172 Å². The van der Waals surface area contributed by atoms with Crippen LogP contribution in [0.25, 0.3) is 6.08 Å². The highest BCUT2D eigenvalue weighted by atomic mass is 127. The number of nitrogens with zero attached hydrogens (tertiary/aromatic N) is 1. The summed E-state index contributed by atoms with van der Waals surface area (Å²) in [5.41, 5.74) is 1.81. The molecule has 0 aromatic heterocycles. The smallest absolute Gasteiger partial charge is 0.363 e.